The largest absolute Gasteiger partial charge is 0.462 e. The third-order valence-corrected chi connectivity index (χ3v) is 9.03. The Labute approximate surface area is 308 Å². The molecule has 10 heteroatoms. The Bertz CT molecular complexity index is 933. The zero-order valence-electron chi connectivity index (χ0n) is 31.8. The second-order valence-electron chi connectivity index (χ2n) is 13.7. The third-order valence-electron chi connectivity index (χ3n) is 9.03. The third kappa shape index (κ3) is 24.7. The number of hydrogen-bond acceptors (Lipinski definition) is 10. The highest BCUT2D eigenvalue weighted by Crippen LogP contribution is 2.22. The molecule has 1 rings (SSSR count). The molecule has 0 saturated carbocycles. The molecule has 1 aliphatic heterocycles. The van der Waals surface area contributed by atoms with Crippen LogP contribution in [0.4, 0.5) is 0 Å². The molecule has 0 aliphatic carbocycles. The fourth-order valence-electron chi connectivity index (χ4n) is 5.79. The first-order valence-corrected chi connectivity index (χ1v) is 20.1. The minimum atomic E-state index is -1.60. The van der Waals surface area contributed by atoms with Gasteiger partial charge in [0.2, 0.25) is 0 Å². The molecule has 0 radical (unpaired) electrons. The van der Waals surface area contributed by atoms with Gasteiger partial charge in [-0.3, -0.25) is 9.59 Å². The van der Waals surface area contributed by atoms with Crippen molar-refractivity contribution in [2.45, 2.75) is 192 Å². The van der Waals surface area contributed by atoms with E-state index in [9.17, 15) is 30.0 Å². The number of rotatable bonds is 32. The molecular formula is C41H72O10. The van der Waals surface area contributed by atoms with Crippen LogP contribution < -0.4 is 0 Å². The molecule has 51 heavy (non-hydrogen) atoms. The van der Waals surface area contributed by atoms with Crippen LogP contribution in [-0.2, 0) is 28.5 Å². The van der Waals surface area contributed by atoms with Crippen molar-refractivity contribution in [3.63, 3.8) is 0 Å². The molecule has 0 bridgehead atoms. The van der Waals surface area contributed by atoms with Crippen LogP contribution in [-0.4, -0.2) is 89.0 Å². The maximum atomic E-state index is 12.7. The summed E-state index contributed by atoms with van der Waals surface area (Å²) in [6.07, 6.45) is 27.4. The number of allylic oxidation sites excluding steroid dienone is 6. The van der Waals surface area contributed by atoms with Crippen molar-refractivity contribution < 1.29 is 49.0 Å². The van der Waals surface area contributed by atoms with Crippen molar-refractivity contribution in [3.8, 4) is 0 Å². The number of esters is 2. The highest BCUT2D eigenvalue weighted by molar-refractivity contribution is 5.70. The number of aliphatic hydroxyl groups excluding tert-OH is 4. The van der Waals surface area contributed by atoms with Gasteiger partial charge in [-0.1, -0.05) is 134 Å². The van der Waals surface area contributed by atoms with Crippen LogP contribution in [0.15, 0.2) is 36.5 Å². The molecule has 1 fully saturated rings. The summed E-state index contributed by atoms with van der Waals surface area (Å²) in [5.74, 6) is -0.872. The van der Waals surface area contributed by atoms with Gasteiger partial charge in [0, 0.05) is 12.8 Å². The number of aliphatic hydroxyl groups is 4. The number of hydrogen-bond donors (Lipinski definition) is 4. The van der Waals surface area contributed by atoms with Gasteiger partial charge in [0.05, 0.1) is 13.2 Å². The Kier molecular flexibility index (Phi) is 30.0. The standard InChI is InChI=1S/C41H72O10/c1-3-5-7-9-11-13-14-15-16-17-18-19-20-22-24-26-28-30-37(44)50-34(33-49-41-40(47)39(46)38(45)35(31-42)51-41)32-48-36(43)29-27-25-23-21-12-10-8-6-4-2/h15-16,18-19,22,24,34-35,38-42,45-47H,3-14,17,20-21,23,25-33H2,1-2H3/b16-15+,19-18+,24-22+/t34-,35-,38+,39?,40?,41-/m1/s1. The highest BCUT2D eigenvalue weighted by Gasteiger charge is 2.44. The van der Waals surface area contributed by atoms with Gasteiger partial charge in [0.1, 0.15) is 31.0 Å². The zero-order valence-corrected chi connectivity index (χ0v) is 31.8. The van der Waals surface area contributed by atoms with Crippen molar-refractivity contribution in [1.82, 2.24) is 0 Å². The maximum absolute atomic E-state index is 12.7. The predicted molar refractivity (Wildman–Crippen MR) is 201 cm³/mol. The molecule has 2 unspecified atom stereocenters. The number of carbonyl (C=O) groups is 2. The molecular weight excluding hydrogens is 652 g/mol. The summed E-state index contributed by atoms with van der Waals surface area (Å²) < 4.78 is 22.0. The molecule has 1 heterocycles. The topological polar surface area (TPSA) is 152 Å². The molecule has 0 aromatic carbocycles. The summed E-state index contributed by atoms with van der Waals surface area (Å²) in [6, 6.07) is 0. The minimum absolute atomic E-state index is 0.159. The van der Waals surface area contributed by atoms with E-state index < -0.39 is 55.4 Å². The Morgan fingerprint density at radius 3 is 1.71 bits per heavy atom. The summed E-state index contributed by atoms with van der Waals surface area (Å²) in [5.41, 5.74) is 0. The van der Waals surface area contributed by atoms with E-state index in [0.717, 1.165) is 44.9 Å². The molecule has 4 N–H and O–H groups in total. The fraction of sp³-hybridized carbons (Fsp3) is 0.805. The smallest absolute Gasteiger partial charge is 0.306 e. The molecule has 0 spiro atoms. The molecule has 0 aromatic heterocycles. The zero-order chi connectivity index (χ0) is 37.4. The van der Waals surface area contributed by atoms with Crippen LogP contribution in [0.5, 0.6) is 0 Å². The monoisotopic (exact) mass is 725 g/mol. The number of carbonyl (C=O) groups excluding carboxylic acids is 2. The van der Waals surface area contributed by atoms with E-state index in [1.54, 1.807) is 0 Å². The predicted octanol–water partition coefficient (Wildman–Crippen LogP) is 7.55. The molecule has 6 atom stereocenters. The van der Waals surface area contributed by atoms with Crippen molar-refractivity contribution in [1.29, 1.82) is 0 Å². The first kappa shape index (κ1) is 46.9. The maximum Gasteiger partial charge on any atom is 0.306 e. The van der Waals surface area contributed by atoms with Crippen molar-refractivity contribution in [3.05, 3.63) is 36.5 Å². The second-order valence-corrected chi connectivity index (χ2v) is 13.7. The van der Waals surface area contributed by atoms with Crippen LogP contribution in [0.1, 0.15) is 155 Å². The molecule has 0 amide bonds. The summed E-state index contributed by atoms with van der Waals surface area (Å²) in [6.45, 7) is 3.32. The Morgan fingerprint density at radius 2 is 1.12 bits per heavy atom. The number of unbranched alkanes of at least 4 members (excludes halogenated alkanes) is 15. The molecule has 1 aliphatic rings. The normalized spacial score (nSPS) is 21.6. The van der Waals surface area contributed by atoms with Crippen molar-refractivity contribution in [2.75, 3.05) is 19.8 Å². The number of ether oxygens (including phenoxy) is 4. The lowest BCUT2D eigenvalue weighted by Crippen LogP contribution is -2.59. The SMILES string of the molecule is CCCCCCCC/C=C/C/C=C/C/C=C/CCCC(=O)O[C@H](COC(=O)CCCCCCCCCCC)CO[C@@H]1O[C@H](CO)[C@H](O)C(O)C1O. The summed E-state index contributed by atoms with van der Waals surface area (Å²) in [7, 11) is 0. The van der Waals surface area contributed by atoms with Crippen LogP contribution in [0.25, 0.3) is 0 Å². The van der Waals surface area contributed by atoms with Crippen LogP contribution in [0.3, 0.4) is 0 Å². The molecule has 1 saturated heterocycles. The first-order valence-electron chi connectivity index (χ1n) is 20.1. The van der Waals surface area contributed by atoms with E-state index in [1.165, 1.54) is 70.6 Å². The fourth-order valence-corrected chi connectivity index (χ4v) is 5.79. The van der Waals surface area contributed by atoms with Gasteiger partial charge < -0.3 is 39.4 Å². The minimum Gasteiger partial charge on any atom is -0.462 e. The molecule has 296 valence electrons. The van der Waals surface area contributed by atoms with E-state index in [-0.39, 0.29) is 26.1 Å². The lowest BCUT2D eigenvalue weighted by molar-refractivity contribution is -0.305. The Balaban J connectivity index is 2.42. The summed E-state index contributed by atoms with van der Waals surface area (Å²) in [4.78, 5) is 25.1. The van der Waals surface area contributed by atoms with E-state index >= 15 is 0 Å². The average Bonchev–Trinajstić information content (AvgIpc) is 3.13. The van der Waals surface area contributed by atoms with Gasteiger partial charge in [-0.15, -0.1) is 0 Å². The van der Waals surface area contributed by atoms with E-state index in [1.807, 2.05) is 6.08 Å². The lowest BCUT2D eigenvalue weighted by atomic mass is 9.99. The van der Waals surface area contributed by atoms with E-state index in [0.29, 0.717) is 12.8 Å². The van der Waals surface area contributed by atoms with Gasteiger partial charge in [-0.2, -0.15) is 0 Å². The molecule has 10 nitrogen and oxygen atoms in total. The Morgan fingerprint density at radius 1 is 0.608 bits per heavy atom. The quantitative estimate of drug-likeness (QED) is 0.0311. The van der Waals surface area contributed by atoms with Crippen LogP contribution in [0, 0.1) is 0 Å². The highest BCUT2D eigenvalue weighted by atomic mass is 16.7. The van der Waals surface area contributed by atoms with Crippen molar-refractivity contribution >= 4 is 11.9 Å². The second kappa shape index (κ2) is 32.6. The summed E-state index contributed by atoms with van der Waals surface area (Å²) >= 11 is 0. The lowest BCUT2D eigenvalue weighted by Gasteiger charge is -2.39. The van der Waals surface area contributed by atoms with Gasteiger partial charge in [-0.05, 0) is 44.9 Å². The van der Waals surface area contributed by atoms with Crippen LogP contribution in [0.2, 0.25) is 0 Å². The van der Waals surface area contributed by atoms with Gasteiger partial charge in [-0.25, -0.2) is 0 Å². The van der Waals surface area contributed by atoms with E-state index in [4.69, 9.17) is 18.9 Å². The first-order chi connectivity index (χ1) is 24.8. The van der Waals surface area contributed by atoms with Gasteiger partial charge in [0.15, 0.2) is 12.4 Å². The Hall–Kier alpha value is -2.08. The van der Waals surface area contributed by atoms with Gasteiger partial charge in [0.25, 0.3) is 0 Å². The van der Waals surface area contributed by atoms with Gasteiger partial charge >= 0.3 is 11.9 Å². The molecule has 0 aromatic rings. The van der Waals surface area contributed by atoms with E-state index in [2.05, 4.69) is 44.2 Å². The van der Waals surface area contributed by atoms with Crippen molar-refractivity contribution in [2.24, 2.45) is 0 Å². The average molecular weight is 725 g/mol. The van der Waals surface area contributed by atoms with Crippen LogP contribution >= 0.6 is 0 Å². The summed E-state index contributed by atoms with van der Waals surface area (Å²) in [5, 5.41) is 39.9.